The molecule has 0 aromatic carbocycles. The van der Waals surface area contributed by atoms with Gasteiger partial charge in [0.2, 0.25) is 0 Å². The van der Waals surface area contributed by atoms with Gasteiger partial charge >= 0.3 is 12.1 Å². The van der Waals surface area contributed by atoms with Crippen molar-refractivity contribution in [3.8, 4) is 0 Å². The van der Waals surface area contributed by atoms with Gasteiger partial charge in [-0.25, -0.2) is 4.79 Å². The number of amides is 1. The average Bonchev–Trinajstić information content (AvgIpc) is 2.18. The molecule has 0 heterocycles. The highest BCUT2D eigenvalue weighted by Crippen LogP contribution is 2.24. The van der Waals surface area contributed by atoms with Crippen LogP contribution in [0.25, 0.3) is 0 Å². The molecule has 0 saturated heterocycles. The lowest BCUT2D eigenvalue weighted by Gasteiger charge is -2.28. The summed E-state index contributed by atoms with van der Waals surface area (Å²) in [4.78, 5) is 22.1. The van der Waals surface area contributed by atoms with Crippen LogP contribution in [0, 0.1) is 5.92 Å². The van der Waals surface area contributed by atoms with Crippen molar-refractivity contribution in [2.75, 3.05) is 6.61 Å². The summed E-state index contributed by atoms with van der Waals surface area (Å²) in [5.41, 5.74) is 0. The number of carbonyl (C=O) groups is 2. The summed E-state index contributed by atoms with van der Waals surface area (Å²) in [5, 5.41) is 11.6. The van der Waals surface area contributed by atoms with Crippen LogP contribution >= 0.6 is 0 Å². The van der Waals surface area contributed by atoms with Crippen molar-refractivity contribution in [2.45, 2.75) is 38.6 Å². The molecule has 5 heteroatoms. The minimum absolute atomic E-state index is 0.282. The van der Waals surface area contributed by atoms with E-state index in [-0.39, 0.29) is 6.04 Å². The van der Waals surface area contributed by atoms with E-state index < -0.39 is 18.0 Å². The molecule has 1 rings (SSSR count). The van der Waals surface area contributed by atoms with E-state index in [1.807, 2.05) is 0 Å². The van der Waals surface area contributed by atoms with Crippen molar-refractivity contribution in [1.29, 1.82) is 0 Å². The molecule has 0 aromatic rings. The van der Waals surface area contributed by atoms with Gasteiger partial charge in [0.05, 0.1) is 12.5 Å². The fraction of sp³-hybridized carbons (Fsp3) is 0.800. The van der Waals surface area contributed by atoms with Gasteiger partial charge in [0.15, 0.2) is 0 Å². The van der Waals surface area contributed by atoms with E-state index in [1.165, 1.54) is 0 Å². The van der Waals surface area contributed by atoms with Crippen molar-refractivity contribution in [2.24, 2.45) is 5.92 Å². The van der Waals surface area contributed by atoms with Gasteiger partial charge in [-0.2, -0.15) is 0 Å². The van der Waals surface area contributed by atoms with E-state index in [0.29, 0.717) is 13.0 Å². The number of carboxylic acids is 1. The zero-order valence-corrected chi connectivity index (χ0v) is 8.86. The summed E-state index contributed by atoms with van der Waals surface area (Å²) < 4.78 is 4.73. The summed E-state index contributed by atoms with van der Waals surface area (Å²) in [6, 6.07) is -0.282. The van der Waals surface area contributed by atoms with Crippen LogP contribution in [-0.2, 0) is 9.53 Å². The number of nitrogens with one attached hydrogen (secondary N) is 1. The van der Waals surface area contributed by atoms with E-state index in [2.05, 4.69) is 5.32 Å². The second-order valence-electron chi connectivity index (χ2n) is 3.70. The molecule has 5 nitrogen and oxygen atoms in total. The van der Waals surface area contributed by atoms with Gasteiger partial charge in [-0.3, -0.25) is 4.79 Å². The normalized spacial score (nSPS) is 25.7. The van der Waals surface area contributed by atoms with Crippen molar-refractivity contribution >= 4 is 12.1 Å². The van der Waals surface area contributed by atoms with Crippen molar-refractivity contribution in [3.63, 3.8) is 0 Å². The smallest absolute Gasteiger partial charge is 0.407 e. The van der Waals surface area contributed by atoms with Crippen LogP contribution in [0.2, 0.25) is 0 Å². The highest BCUT2D eigenvalue weighted by molar-refractivity contribution is 5.73. The van der Waals surface area contributed by atoms with Crippen molar-refractivity contribution < 1.29 is 19.4 Å². The number of alkyl carbamates (subject to hydrolysis) is 1. The van der Waals surface area contributed by atoms with Gasteiger partial charge < -0.3 is 15.2 Å². The quantitative estimate of drug-likeness (QED) is 0.745. The van der Waals surface area contributed by atoms with Gasteiger partial charge in [0.25, 0.3) is 0 Å². The summed E-state index contributed by atoms with van der Waals surface area (Å²) in [7, 11) is 0. The third kappa shape index (κ3) is 3.42. The van der Waals surface area contributed by atoms with Crippen LogP contribution in [0.3, 0.4) is 0 Å². The predicted molar refractivity (Wildman–Crippen MR) is 53.5 cm³/mol. The zero-order valence-electron chi connectivity index (χ0n) is 8.86. The van der Waals surface area contributed by atoms with Gasteiger partial charge in [-0.1, -0.05) is 12.8 Å². The lowest BCUT2D eigenvalue weighted by Crippen LogP contribution is -2.45. The predicted octanol–water partition coefficient (Wildman–Crippen LogP) is 1.38. The Kier molecular flexibility index (Phi) is 4.39. The largest absolute Gasteiger partial charge is 0.481 e. The lowest BCUT2D eigenvalue weighted by molar-refractivity contribution is -0.143. The summed E-state index contributed by atoms with van der Waals surface area (Å²) in [6.07, 6.45) is 2.71. The Morgan fingerprint density at radius 3 is 2.67 bits per heavy atom. The molecule has 0 radical (unpaired) electrons. The highest BCUT2D eigenvalue weighted by Gasteiger charge is 2.31. The molecule has 0 aromatic heterocycles. The molecule has 1 aliphatic carbocycles. The number of rotatable bonds is 3. The first-order valence-corrected chi connectivity index (χ1v) is 5.31. The third-order valence-electron chi connectivity index (χ3n) is 2.66. The molecule has 0 spiro atoms. The van der Waals surface area contributed by atoms with Crippen LogP contribution < -0.4 is 5.32 Å². The highest BCUT2D eigenvalue weighted by atomic mass is 16.5. The Labute approximate surface area is 88.8 Å². The molecular weight excluding hydrogens is 198 g/mol. The molecule has 86 valence electrons. The minimum atomic E-state index is -0.837. The molecule has 15 heavy (non-hydrogen) atoms. The van der Waals surface area contributed by atoms with Crippen LogP contribution in [-0.4, -0.2) is 29.8 Å². The first kappa shape index (κ1) is 11.8. The maximum absolute atomic E-state index is 11.2. The van der Waals surface area contributed by atoms with E-state index in [9.17, 15) is 9.59 Å². The Hall–Kier alpha value is -1.26. The Bertz CT molecular complexity index is 242. The first-order valence-electron chi connectivity index (χ1n) is 5.31. The molecule has 1 amide bonds. The summed E-state index contributed by atoms with van der Waals surface area (Å²) in [5.74, 6) is -1.31. The molecule has 2 N–H and O–H groups in total. The fourth-order valence-electron chi connectivity index (χ4n) is 1.92. The molecule has 0 aliphatic heterocycles. The number of ether oxygens (including phenoxy) is 1. The van der Waals surface area contributed by atoms with Crippen LogP contribution in [0.15, 0.2) is 0 Å². The monoisotopic (exact) mass is 215 g/mol. The summed E-state index contributed by atoms with van der Waals surface area (Å²) >= 11 is 0. The number of aliphatic carboxylic acids is 1. The Balaban J connectivity index is 2.49. The molecule has 2 atom stereocenters. The van der Waals surface area contributed by atoms with Gasteiger partial charge in [0, 0.05) is 6.04 Å². The number of carbonyl (C=O) groups excluding carboxylic acids is 1. The average molecular weight is 215 g/mol. The molecular formula is C10H17NO4. The zero-order chi connectivity index (χ0) is 11.3. The maximum atomic E-state index is 11.2. The molecule has 1 fully saturated rings. The first-order chi connectivity index (χ1) is 7.15. The topological polar surface area (TPSA) is 75.6 Å². The van der Waals surface area contributed by atoms with Crippen LogP contribution in [0.1, 0.15) is 32.6 Å². The second-order valence-corrected chi connectivity index (χ2v) is 3.70. The summed E-state index contributed by atoms with van der Waals surface area (Å²) in [6.45, 7) is 2.02. The van der Waals surface area contributed by atoms with Gasteiger partial charge in [-0.05, 0) is 19.8 Å². The molecule has 0 bridgehead atoms. The number of hydrogen-bond acceptors (Lipinski definition) is 3. The van der Waals surface area contributed by atoms with Gasteiger partial charge in [-0.15, -0.1) is 0 Å². The van der Waals surface area contributed by atoms with E-state index in [0.717, 1.165) is 19.3 Å². The third-order valence-corrected chi connectivity index (χ3v) is 2.66. The number of hydrogen-bond donors (Lipinski definition) is 2. The Morgan fingerprint density at radius 2 is 2.07 bits per heavy atom. The minimum Gasteiger partial charge on any atom is -0.481 e. The fourth-order valence-corrected chi connectivity index (χ4v) is 1.92. The number of carboxylic acid groups (broad SMARTS) is 1. The van der Waals surface area contributed by atoms with Crippen molar-refractivity contribution in [1.82, 2.24) is 5.32 Å². The van der Waals surface area contributed by atoms with Crippen molar-refractivity contribution in [3.05, 3.63) is 0 Å². The standard InChI is InChI=1S/C10H17NO4/c1-2-15-10(14)11-8-6-4-3-5-7(8)9(12)13/h7-8H,2-6H2,1H3,(H,11,14)(H,12,13). The molecule has 2 unspecified atom stereocenters. The van der Waals surface area contributed by atoms with Crippen LogP contribution in [0.5, 0.6) is 0 Å². The van der Waals surface area contributed by atoms with Crippen LogP contribution in [0.4, 0.5) is 4.79 Å². The van der Waals surface area contributed by atoms with E-state index in [1.54, 1.807) is 6.92 Å². The molecule has 1 saturated carbocycles. The van der Waals surface area contributed by atoms with E-state index >= 15 is 0 Å². The maximum Gasteiger partial charge on any atom is 0.407 e. The lowest BCUT2D eigenvalue weighted by atomic mass is 9.85. The molecule has 1 aliphatic rings. The van der Waals surface area contributed by atoms with E-state index in [4.69, 9.17) is 9.84 Å². The SMILES string of the molecule is CCOC(=O)NC1CCCCC1C(=O)O. The van der Waals surface area contributed by atoms with Gasteiger partial charge in [0.1, 0.15) is 0 Å². The Morgan fingerprint density at radius 1 is 1.40 bits per heavy atom. The second kappa shape index (κ2) is 5.58.